The van der Waals surface area contributed by atoms with Gasteiger partial charge in [0, 0.05) is 36.8 Å². The van der Waals surface area contributed by atoms with Gasteiger partial charge in [0.25, 0.3) is 0 Å². The van der Waals surface area contributed by atoms with E-state index in [-0.39, 0.29) is 18.6 Å². The number of halogens is 1. The number of likely N-dealkylation sites (tertiary alicyclic amines) is 1. The summed E-state index contributed by atoms with van der Waals surface area (Å²) in [6, 6.07) is 9.83. The standard InChI is InChI=1S/C20H20FN3O3S/c1-22-9-16(10-22)24-8-14-6-13(2-5-20(14)28(24,26)27)18-11-23(12-25)19-7-15(21)3-4-17(18)19/h2-7,11,16,25H,8-10,12H2,1H3. The lowest BCUT2D eigenvalue weighted by Gasteiger charge is -2.40. The maximum atomic E-state index is 13.6. The molecule has 0 saturated carbocycles. The fourth-order valence-corrected chi connectivity index (χ4v) is 6.07. The first-order chi connectivity index (χ1) is 13.4. The van der Waals surface area contributed by atoms with Crippen LogP contribution in [0.2, 0.25) is 0 Å². The highest BCUT2D eigenvalue weighted by atomic mass is 32.2. The number of fused-ring (bicyclic) bond motifs is 2. The summed E-state index contributed by atoms with van der Waals surface area (Å²) in [5.74, 6) is -0.368. The maximum Gasteiger partial charge on any atom is 0.244 e. The van der Waals surface area contributed by atoms with Crippen LogP contribution in [0.25, 0.3) is 22.0 Å². The van der Waals surface area contributed by atoms with Gasteiger partial charge in [-0.25, -0.2) is 12.8 Å². The summed E-state index contributed by atoms with van der Waals surface area (Å²) in [6.07, 6.45) is 1.77. The average Bonchev–Trinajstić information content (AvgIpc) is 3.13. The molecule has 1 aromatic heterocycles. The number of hydrogen-bond acceptors (Lipinski definition) is 4. The number of aliphatic hydroxyl groups excluding tert-OH is 1. The Kier molecular flexibility index (Phi) is 3.89. The molecule has 0 radical (unpaired) electrons. The van der Waals surface area contributed by atoms with Crippen LogP contribution in [-0.2, 0) is 23.3 Å². The minimum absolute atomic E-state index is 0.0186. The van der Waals surface area contributed by atoms with E-state index >= 15 is 0 Å². The number of nitrogens with zero attached hydrogens (tertiary/aromatic N) is 3. The Morgan fingerprint density at radius 1 is 1.18 bits per heavy atom. The fraction of sp³-hybridized carbons (Fsp3) is 0.300. The first-order valence-corrected chi connectivity index (χ1v) is 10.6. The predicted molar refractivity (Wildman–Crippen MR) is 104 cm³/mol. The van der Waals surface area contributed by atoms with Crippen LogP contribution in [0.3, 0.4) is 0 Å². The quantitative estimate of drug-likeness (QED) is 0.731. The number of hydrogen-bond donors (Lipinski definition) is 1. The van der Waals surface area contributed by atoms with Gasteiger partial charge in [0.15, 0.2) is 0 Å². The molecule has 0 unspecified atom stereocenters. The number of rotatable bonds is 3. The number of benzene rings is 2. The van der Waals surface area contributed by atoms with E-state index in [2.05, 4.69) is 4.90 Å². The Balaban J connectivity index is 1.59. The van der Waals surface area contributed by atoms with Crippen LogP contribution in [0.5, 0.6) is 0 Å². The number of aromatic nitrogens is 1. The zero-order valence-electron chi connectivity index (χ0n) is 15.3. The predicted octanol–water partition coefficient (Wildman–Crippen LogP) is 2.22. The highest BCUT2D eigenvalue weighted by Crippen LogP contribution is 2.38. The Bertz CT molecular complexity index is 1200. The molecular formula is C20H20FN3O3S. The van der Waals surface area contributed by atoms with E-state index in [1.54, 1.807) is 33.3 Å². The molecule has 2 aliphatic rings. The second-order valence-corrected chi connectivity index (χ2v) is 9.42. The first-order valence-electron chi connectivity index (χ1n) is 9.11. The van der Waals surface area contributed by atoms with Crippen molar-refractivity contribution >= 4 is 20.9 Å². The van der Waals surface area contributed by atoms with E-state index in [4.69, 9.17) is 0 Å². The lowest BCUT2D eigenvalue weighted by Crippen LogP contribution is -2.57. The molecule has 1 N–H and O–H groups in total. The highest BCUT2D eigenvalue weighted by Gasteiger charge is 2.43. The molecule has 6 nitrogen and oxygen atoms in total. The van der Waals surface area contributed by atoms with Gasteiger partial charge in [-0.05, 0) is 48.5 Å². The zero-order chi connectivity index (χ0) is 19.6. The molecule has 146 valence electrons. The summed E-state index contributed by atoms with van der Waals surface area (Å²) in [5, 5.41) is 10.4. The van der Waals surface area contributed by atoms with Gasteiger partial charge in [-0.1, -0.05) is 6.07 Å². The van der Waals surface area contributed by atoms with E-state index in [1.807, 2.05) is 13.1 Å². The smallest absolute Gasteiger partial charge is 0.244 e. The summed E-state index contributed by atoms with van der Waals surface area (Å²) in [7, 11) is -1.49. The van der Waals surface area contributed by atoms with E-state index in [9.17, 15) is 17.9 Å². The molecule has 2 aliphatic heterocycles. The lowest BCUT2D eigenvalue weighted by atomic mass is 10.0. The summed E-state index contributed by atoms with van der Waals surface area (Å²) in [4.78, 5) is 2.46. The molecule has 2 aromatic carbocycles. The van der Waals surface area contributed by atoms with Gasteiger partial charge in [-0.3, -0.25) is 0 Å². The van der Waals surface area contributed by atoms with Crippen molar-refractivity contribution in [1.29, 1.82) is 0 Å². The highest BCUT2D eigenvalue weighted by molar-refractivity contribution is 7.89. The normalized spacial score (nSPS) is 19.8. The van der Waals surface area contributed by atoms with Crippen molar-refractivity contribution in [3.05, 3.63) is 54.0 Å². The van der Waals surface area contributed by atoms with E-state index in [0.29, 0.717) is 17.0 Å². The topological polar surface area (TPSA) is 65.8 Å². The molecule has 1 fully saturated rings. The van der Waals surface area contributed by atoms with Crippen molar-refractivity contribution < 1.29 is 17.9 Å². The van der Waals surface area contributed by atoms with Crippen LogP contribution in [0.1, 0.15) is 5.56 Å². The number of aliphatic hydroxyl groups is 1. The largest absolute Gasteiger partial charge is 0.376 e. The van der Waals surface area contributed by atoms with E-state index < -0.39 is 10.0 Å². The zero-order valence-corrected chi connectivity index (χ0v) is 16.2. The molecule has 0 aliphatic carbocycles. The second kappa shape index (κ2) is 6.12. The first kappa shape index (κ1) is 17.8. The van der Waals surface area contributed by atoms with Gasteiger partial charge in [-0.2, -0.15) is 4.31 Å². The molecule has 0 amide bonds. The second-order valence-electron chi connectivity index (χ2n) is 7.56. The fourth-order valence-electron chi connectivity index (χ4n) is 4.29. The third-order valence-corrected chi connectivity index (χ3v) is 7.73. The van der Waals surface area contributed by atoms with Crippen LogP contribution in [0, 0.1) is 5.82 Å². The van der Waals surface area contributed by atoms with E-state index in [0.717, 1.165) is 35.2 Å². The van der Waals surface area contributed by atoms with Crippen LogP contribution in [-0.4, -0.2) is 53.5 Å². The SMILES string of the molecule is CN1CC(N2Cc3cc(-c4cn(CO)c5cc(F)ccc45)ccc3S2(=O)=O)C1. The number of sulfonamides is 1. The van der Waals surface area contributed by atoms with Gasteiger partial charge in [0.2, 0.25) is 10.0 Å². The van der Waals surface area contributed by atoms with Crippen LogP contribution >= 0.6 is 0 Å². The summed E-state index contributed by atoms with van der Waals surface area (Å²) in [6.45, 7) is 1.60. The van der Waals surface area contributed by atoms with E-state index in [1.165, 1.54) is 12.1 Å². The molecule has 0 spiro atoms. The van der Waals surface area contributed by atoms with Crippen molar-refractivity contribution in [2.24, 2.45) is 0 Å². The molecule has 8 heteroatoms. The molecule has 5 rings (SSSR count). The van der Waals surface area contributed by atoms with Crippen LogP contribution in [0.4, 0.5) is 4.39 Å². The van der Waals surface area contributed by atoms with Crippen molar-refractivity contribution in [1.82, 2.24) is 13.8 Å². The summed E-state index contributed by atoms with van der Waals surface area (Å²) in [5.41, 5.74) is 3.07. The van der Waals surface area contributed by atoms with Crippen LogP contribution < -0.4 is 0 Å². The Labute approximate surface area is 162 Å². The Hall–Kier alpha value is -2.26. The molecule has 28 heavy (non-hydrogen) atoms. The molecule has 0 bridgehead atoms. The third kappa shape index (κ3) is 2.52. The van der Waals surface area contributed by atoms with Crippen molar-refractivity contribution in [2.75, 3.05) is 20.1 Å². The minimum Gasteiger partial charge on any atom is -0.376 e. The maximum absolute atomic E-state index is 13.6. The Morgan fingerprint density at radius 2 is 1.96 bits per heavy atom. The number of likely N-dealkylation sites (N-methyl/N-ethyl adjacent to an activating group) is 1. The molecule has 1 saturated heterocycles. The van der Waals surface area contributed by atoms with Crippen molar-refractivity contribution in [2.45, 2.75) is 24.2 Å². The van der Waals surface area contributed by atoms with Gasteiger partial charge >= 0.3 is 0 Å². The molecular weight excluding hydrogens is 381 g/mol. The van der Waals surface area contributed by atoms with Crippen molar-refractivity contribution in [3.63, 3.8) is 0 Å². The van der Waals surface area contributed by atoms with Gasteiger partial charge in [0.05, 0.1) is 16.5 Å². The monoisotopic (exact) mass is 401 g/mol. The average molecular weight is 401 g/mol. The van der Waals surface area contributed by atoms with Crippen molar-refractivity contribution in [3.8, 4) is 11.1 Å². The van der Waals surface area contributed by atoms with Gasteiger partial charge in [0.1, 0.15) is 12.5 Å². The summed E-state index contributed by atoms with van der Waals surface area (Å²) >= 11 is 0. The van der Waals surface area contributed by atoms with Gasteiger partial charge in [-0.15, -0.1) is 0 Å². The third-order valence-electron chi connectivity index (χ3n) is 5.73. The van der Waals surface area contributed by atoms with Crippen LogP contribution in [0.15, 0.2) is 47.5 Å². The molecule has 0 atom stereocenters. The molecule has 3 aromatic rings. The van der Waals surface area contributed by atoms with Gasteiger partial charge < -0.3 is 14.6 Å². The summed E-state index contributed by atoms with van der Waals surface area (Å²) < 4.78 is 42.6. The Morgan fingerprint density at radius 3 is 2.68 bits per heavy atom. The lowest BCUT2D eigenvalue weighted by molar-refractivity contribution is 0.105. The minimum atomic E-state index is -3.46. The molecule has 3 heterocycles.